The maximum atomic E-state index is 14.5. The van der Waals surface area contributed by atoms with Gasteiger partial charge in [0.05, 0.1) is 34.7 Å². The first kappa shape index (κ1) is 26.4. The van der Waals surface area contributed by atoms with Crippen molar-refractivity contribution in [1.82, 2.24) is 24.8 Å². The fraction of sp³-hybridized carbons (Fsp3) is 0.519. The van der Waals surface area contributed by atoms with Gasteiger partial charge in [0.25, 0.3) is 0 Å². The van der Waals surface area contributed by atoms with E-state index in [1.54, 1.807) is 34.3 Å². The van der Waals surface area contributed by atoms with E-state index in [0.717, 1.165) is 5.52 Å². The first-order valence-electron chi connectivity index (χ1n) is 12.9. The number of aliphatic hydroxyl groups excluding tert-OH is 1. The smallest absolute Gasteiger partial charge is 0.311 e. The van der Waals surface area contributed by atoms with Crippen molar-refractivity contribution in [2.75, 3.05) is 19.8 Å². The summed E-state index contributed by atoms with van der Waals surface area (Å²) in [4.78, 5) is 44.8. The third-order valence-electron chi connectivity index (χ3n) is 8.16. The van der Waals surface area contributed by atoms with Gasteiger partial charge in [-0.2, -0.15) is 0 Å². The lowest BCUT2D eigenvalue weighted by atomic mass is 9.66. The van der Waals surface area contributed by atoms with Gasteiger partial charge in [-0.25, -0.2) is 4.68 Å². The molecule has 3 saturated heterocycles. The number of hydrogen-bond donors (Lipinski definition) is 1. The predicted octanol–water partition coefficient (Wildman–Crippen LogP) is 1.85. The Bertz CT molecular complexity index is 1280. The van der Waals surface area contributed by atoms with Gasteiger partial charge in [0.1, 0.15) is 24.8 Å². The summed E-state index contributed by atoms with van der Waals surface area (Å²) in [5.74, 6) is -2.34. The van der Waals surface area contributed by atoms with E-state index in [2.05, 4.69) is 30.4 Å². The summed E-state index contributed by atoms with van der Waals surface area (Å²) in [6.45, 7) is 11.3. The van der Waals surface area contributed by atoms with E-state index in [1.165, 1.54) is 11.0 Å². The van der Waals surface area contributed by atoms with Crippen molar-refractivity contribution in [3.05, 3.63) is 49.6 Å². The molecule has 4 heterocycles. The van der Waals surface area contributed by atoms with E-state index in [4.69, 9.17) is 4.74 Å². The summed E-state index contributed by atoms with van der Waals surface area (Å²) in [6, 6.07) is 6.02. The maximum Gasteiger partial charge on any atom is 0.311 e. The third kappa shape index (κ3) is 3.86. The van der Waals surface area contributed by atoms with E-state index in [1.807, 2.05) is 24.3 Å². The summed E-state index contributed by atoms with van der Waals surface area (Å²) in [7, 11) is 0. The van der Waals surface area contributed by atoms with Crippen LogP contribution in [0.15, 0.2) is 49.6 Å². The lowest BCUT2D eigenvalue weighted by molar-refractivity contribution is -0.154. The Kier molecular flexibility index (Phi) is 7.08. The zero-order valence-electron chi connectivity index (χ0n) is 21.6. The van der Waals surface area contributed by atoms with Crippen LogP contribution in [0.2, 0.25) is 0 Å². The molecule has 3 unspecified atom stereocenters. The van der Waals surface area contributed by atoms with Gasteiger partial charge >= 0.3 is 5.97 Å². The molecular formula is C27H33N5O5S. The van der Waals surface area contributed by atoms with Crippen LogP contribution in [0, 0.1) is 17.8 Å². The van der Waals surface area contributed by atoms with E-state index in [9.17, 15) is 19.5 Å². The lowest BCUT2D eigenvalue weighted by Gasteiger charge is -2.41. The minimum atomic E-state index is -0.862. The van der Waals surface area contributed by atoms with Crippen molar-refractivity contribution in [2.24, 2.45) is 17.8 Å². The molecule has 1 N–H and O–H groups in total. The number of para-hydroxylation sites is 1. The number of benzene rings is 1. The molecule has 1 aromatic heterocycles. The van der Waals surface area contributed by atoms with Crippen molar-refractivity contribution < 1.29 is 24.2 Å². The monoisotopic (exact) mass is 539 g/mol. The van der Waals surface area contributed by atoms with Crippen LogP contribution >= 0.6 is 11.8 Å². The quantitative estimate of drug-likeness (QED) is 0.359. The van der Waals surface area contributed by atoms with Crippen LogP contribution in [0.25, 0.3) is 11.0 Å². The minimum absolute atomic E-state index is 0.00229. The Labute approximate surface area is 225 Å². The van der Waals surface area contributed by atoms with Crippen molar-refractivity contribution in [3.8, 4) is 0 Å². The normalized spacial score (nSPS) is 30.3. The number of carbonyl (C=O) groups is 3. The molecule has 0 radical (unpaired) electrons. The summed E-state index contributed by atoms with van der Waals surface area (Å²) in [5.41, 5.74) is 1.49. The standard InChI is InChI=1S/C27H33N5O5S/c1-5-11-30(15-31-19-10-8-7-9-18(19)28-29-31)25(35)23-27-16(3)13-20(38-27)21(26(36)37-12-6-2)22(27)24(34)32(23)17(4)14-33/h5-10,16-17,20-23,33H,1-2,11-15H2,3-4H3/t16?,17-,20+,21-,22+,23?,27?/m1/s1. The second kappa shape index (κ2) is 10.2. The molecule has 1 spiro atoms. The Morgan fingerprint density at radius 1 is 1.34 bits per heavy atom. The summed E-state index contributed by atoms with van der Waals surface area (Å²) in [6.07, 6.45) is 3.84. The zero-order valence-corrected chi connectivity index (χ0v) is 22.4. The molecule has 38 heavy (non-hydrogen) atoms. The zero-order chi connectivity index (χ0) is 27.2. The topological polar surface area (TPSA) is 118 Å². The Morgan fingerprint density at radius 3 is 2.82 bits per heavy atom. The van der Waals surface area contributed by atoms with Gasteiger partial charge in [-0.3, -0.25) is 14.4 Å². The van der Waals surface area contributed by atoms with Crippen molar-refractivity contribution in [1.29, 1.82) is 0 Å². The molecule has 3 aliphatic heterocycles. The average Bonchev–Trinajstić information content (AvgIpc) is 3.63. The highest BCUT2D eigenvalue weighted by Gasteiger charge is 2.77. The Balaban J connectivity index is 1.55. The number of aliphatic hydroxyl groups is 1. The number of hydrogen-bond acceptors (Lipinski definition) is 8. The molecule has 3 aliphatic rings. The molecule has 2 bridgehead atoms. The third-order valence-corrected chi connectivity index (χ3v) is 10.2. The van der Waals surface area contributed by atoms with Gasteiger partial charge < -0.3 is 19.6 Å². The highest BCUT2D eigenvalue weighted by molar-refractivity contribution is 8.02. The fourth-order valence-corrected chi connectivity index (χ4v) is 8.93. The number of likely N-dealkylation sites (tertiary alicyclic amines) is 1. The number of esters is 1. The van der Waals surface area contributed by atoms with E-state index >= 15 is 0 Å². The second-order valence-corrected chi connectivity index (χ2v) is 11.9. The average molecular weight is 540 g/mol. The van der Waals surface area contributed by atoms with Gasteiger partial charge in [0.2, 0.25) is 11.8 Å². The number of thioether (sulfide) groups is 1. The second-order valence-electron chi connectivity index (χ2n) is 10.3. The number of carbonyl (C=O) groups excluding carboxylic acids is 3. The number of nitrogens with zero attached hydrogens (tertiary/aromatic N) is 5. The van der Waals surface area contributed by atoms with Gasteiger partial charge in [-0.1, -0.05) is 43.0 Å². The van der Waals surface area contributed by atoms with E-state index < -0.39 is 34.6 Å². The minimum Gasteiger partial charge on any atom is -0.461 e. The SMILES string of the molecule is C=CCOC(=O)[C@@H]1[C@@H]2CC(C)C3(S2)C(C(=O)N(CC=C)Cn2nnc4ccccc42)N([C@H](C)CO)C(=O)[C@H]13. The molecule has 202 valence electrons. The van der Waals surface area contributed by atoms with E-state index in [-0.39, 0.29) is 49.4 Å². The van der Waals surface area contributed by atoms with Gasteiger partial charge in [-0.15, -0.1) is 23.4 Å². The summed E-state index contributed by atoms with van der Waals surface area (Å²) >= 11 is 1.57. The highest BCUT2D eigenvalue weighted by Crippen LogP contribution is 2.69. The number of fused-ring (bicyclic) bond motifs is 2. The maximum absolute atomic E-state index is 14.5. The molecule has 11 heteroatoms. The number of ether oxygens (including phenoxy) is 1. The molecule has 7 atom stereocenters. The number of amides is 2. The molecule has 0 aliphatic carbocycles. The highest BCUT2D eigenvalue weighted by atomic mass is 32.2. The number of aromatic nitrogens is 3. The van der Waals surface area contributed by atoms with Crippen LogP contribution in [0.1, 0.15) is 20.3 Å². The molecule has 2 aromatic rings. The van der Waals surface area contributed by atoms with Crippen LogP contribution in [-0.2, 0) is 25.8 Å². The molecule has 2 amide bonds. The van der Waals surface area contributed by atoms with Gasteiger partial charge in [0.15, 0.2) is 0 Å². The van der Waals surface area contributed by atoms with Gasteiger partial charge in [-0.05, 0) is 31.4 Å². The van der Waals surface area contributed by atoms with Crippen LogP contribution in [-0.4, -0.2) is 89.5 Å². The molecule has 10 nitrogen and oxygen atoms in total. The molecule has 3 fully saturated rings. The first-order chi connectivity index (χ1) is 18.3. The van der Waals surface area contributed by atoms with Crippen molar-refractivity contribution >= 4 is 40.6 Å². The predicted molar refractivity (Wildman–Crippen MR) is 143 cm³/mol. The molecule has 1 aromatic carbocycles. The van der Waals surface area contributed by atoms with Crippen molar-refractivity contribution in [3.63, 3.8) is 0 Å². The number of rotatable bonds is 10. The van der Waals surface area contributed by atoms with Gasteiger partial charge in [0, 0.05) is 11.8 Å². The van der Waals surface area contributed by atoms with Crippen LogP contribution in [0.4, 0.5) is 0 Å². The molecule has 0 saturated carbocycles. The molecule has 5 rings (SSSR count). The van der Waals surface area contributed by atoms with Crippen LogP contribution < -0.4 is 0 Å². The summed E-state index contributed by atoms with van der Waals surface area (Å²) < 4.78 is 6.25. The first-order valence-corrected chi connectivity index (χ1v) is 13.7. The lowest BCUT2D eigenvalue weighted by Crippen LogP contribution is -2.59. The van der Waals surface area contributed by atoms with Crippen LogP contribution in [0.5, 0.6) is 0 Å². The molecular weight excluding hydrogens is 506 g/mol. The summed E-state index contributed by atoms with van der Waals surface area (Å²) in [5, 5.41) is 18.4. The Morgan fingerprint density at radius 2 is 2.11 bits per heavy atom. The van der Waals surface area contributed by atoms with Crippen molar-refractivity contribution in [2.45, 2.75) is 49.0 Å². The largest absolute Gasteiger partial charge is 0.461 e. The van der Waals surface area contributed by atoms with Crippen LogP contribution in [0.3, 0.4) is 0 Å². The Hall–Kier alpha value is -3.18. The van der Waals surface area contributed by atoms with E-state index in [0.29, 0.717) is 11.9 Å². The fourth-order valence-electron chi connectivity index (χ4n) is 6.54.